The van der Waals surface area contributed by atoms with Crippen LogP contribution in [0.4, 0.5) is 4.79 Å². The molecule has 2 N–H and O–H groups in total. The first-order valence-electron chi connectivity index (χ1n) is 9.84. The highest BCUT2D eigenvalue weighted by Crippen LogP contribution is 2.36. The highest BCUT2D eigenvalue weighted by Gasteiger charge is 2.54. The molecule has 0 atom stereocenters. The summed E-state index contributed by atoms with van der Waals surface area (Å²) in [6.07, 6.45) is 1.27. The summed E-state index contributed by atoms with van der Waals surface area (Å²) in [4.78, 5) is 26.4. The lowest BCUT2D eigenvalue weighted by Crippen LogP contribution is -2.44. The summed E-state index contributed by atoms with van der Waals surface area (Å²) in [5.41, 5.74) is 0.173. The van der Waals surface area contributed by atoms with Gasteiger partial charge in [-0.1, -0.05) is 66.7 Å². The fourth-order valence-electron chi connectivity index (χ4n) is 3.59. The number of hydrogen-bond acceptors (Lipinski definition) is 5. The maximum atomic E-state index is 13.6. The van der Waals surface area contributed by atoms with Crippen molar-refractivity contribution in [2.24, 2.45) is 5.10 Å². The van der Waals surface area contributed by atoms with Crippen LogP contribution < -0.4 is 10.1 Å². The number of hydrazone groups is 1. The average Bonchev–Trinajstić information content (AvgIpc) is 3.06. The summed E-state index contributed by atoms with van der Waals surface area (Å²) in [6.45, 7) is 2.19. The normalized spacial score (nSPS) is 15.3. The SMILES string of the molecule is CCOc1cccc(/C=N/N2C(=O)NC(c3ccccc3)(c3ccccc3)C2=O)c1O. The van der Waals surface area contributed by atoms with Crippen LogP contribution in [0, 0.1) is 0 Å². The highest BCUT2D eigenvalue weighted by molar-refractivity contribution is 6.10. The molecule has 7 nitrogen and oxygen atoms in total. The third-order valence-electron chi connectivity index (χ3n) is 5.06. The maximum absolute atomic E-state index is 13.6. The molecule has 7 heteroatoms. The van der Waals surface area contributed by atoms with Crippen LogP contribution in [0.3, 0.4) is 0 Å². The minimum absolute atomic E-state index is 0.113. The molecule has 0 unspecified atom stereocenters. The predicted octanol–water partition coefficient (Wildman–Crippen LogP) is 3.62. The summed E-state index contributed by atoms with van der Waals surface area (Å²) in [7, 11) is 0. The Morgan fingerprint density at radius 3 is 2.16 bits per heavy atom. The molecule has 1 heterocycles. The Morgan fingerprint density at radius 2 is 1.58 bits per heavy atom. The molecule has 3 aromatic rings. The van der Waals surface area contributed by atoms with Gasteiger partial charge in [0.15, 0.2) is 17.0 Å². The maximum Gasteiger partial charge on any atom is 0.346 e. The Kier molecular flexibility index (Phi) is 5.41. The van der Waals surface area contributed by atoms with Gasteiger partial charge in [-0.3, -0.25) is 4.79 Å². The van der Waals surface area contributed by atoms with Gasteiger partial charge in [0.1, 0.15) is 0 Å². The number of urea groups is 1. The number of hydrogen-bond donors (Lipinski definition) is 2. The molecule has 3 aromatic carbocycles. The Balaban J connectivity index is 1.74. The van der Waals surface area contributed by atoms with Crippen molar-refractivity contribution in [1.82, 2.24) is 10.3 Å². The van der Waals surface area contributed by atoms with Gasteiger partial charge < -0.3 is 15.2 Å². The van der Waals surface area contributed by atoms with Gasteiger partial charge in [0.25, 0.3) is 5.91 Å². The Labute approximate surface area is 179 Å². The summed E-state index contributed by atoms with van der Waals surface area (Å²) >= 11 is 0. The molecule has 0 aromatic heterocycles. The van der Waals surface area contributed by atoms with Crippen LogP contribution in [0.15, 0.2) is 84.0 Å². The molecule has 0 bridgehead atoms. The van der Waals surface area contributed by atoms with E-state index >= 15 is 0 Å². The predicted molar refractivity (Wildman–Crippen MR) is 116 cm³/mol. The number of benzene rings is 3. The van der Waals surface area contributed by atoms with Gasteiger partial charge in [0.05, 0.1) is 12.8 Å². The van der Waals surface area contributed by atoms with Crippen LogP contribution in [-0.4, -0.2) is 34.9 Å². The zero-order valence-electron chi connectivity index (χ0n) is 16.9. The van der Waals surface area contributed by atoms with E-state index in [9.17, 15) is 14.7 Å². The molecule has 31 heavy (non-hydrogen) atoms. The van der Waals surface area contributed by atoms with Gasteiger partial charge in [0, 0.05) is 5.56 Å². The zero-order chi connectivity index (χ0) is 21.8. The number of carbonyl (C=O) groups is 2. The van der Waals surface area contributed by atoms with E-state index in [-0.39, 0.29) is 5.75 Å². The lowest BCUT2D eigenvalue weighted by molar-refractivity contribution is -0.130. The molecule has 4 rings (SSSR count). The Morgan fingerprint density at radius 1 is 0.968 bits per heavy atom. The molecule has 1 aliphatic heterocycles. The van der Waals surface area contributed by atoms with Crippen molar-refractivity contribution in [3.8, 4) is 11.5 Å². The van der Waals surface area contributed by atoms with E-state index in [1.807, 2.05) is 36.4 Å². The van der Waals surface area contributed by atoms with Crippen molar-refractivity contribution in [2.45, 2.75) is 12.5 Å². The smallest absolute Gasteiger partial charge is 0.346 e. The number of nitrogens with zero attached hydrogens (tertiary/aromatic N) is 2. The van der Waals surface area contributed by atoms with Crippen molar-refractivity contribution in [1.29, 1.82) is 0 Å². The molecule has 0 radical (unpaired) electrons. The number of rotatable bonds is 6. The fourth-order valence-corrected chi connectivity index (χ4v) is 3.59. The van der Waals surface area contributed by atoms with E-state index in [0.29, 0.717) is 29.0 Å². The first-order valence-corrected chi connectivity index (χ1v) is 9.84. The van der Waals surface area contributed by atoms with E-state index in [0.717, 1.165) is 5.01 Å². The minimum Gasteiger partial charge on any atom is -0.504 e. The first kappa shape index (κ1) is 20.2. The standard InChI is InChI=1S/C24H21N3O4/c1-2-31-20-15-9-10-17(21(20)28)16-25-27-22(29)24(26-23(27)30,18-11-5-3-6-12-18)19-13-7-4-8-14-19/h3-16,28H,2H2,1H3,(H,26,30)/b25-16+. The first-order chi connectivity index (χ1) is 15.1. The van der Waals surface area contributed by atoms with Crippen molar-refractivity contribution >= 4 is 18.2 Å². The number of phenols is 1. The van der Waals surface area contributed by atoms with Gasteiger partial charge in [-0.25, -0.2) is 4.79 Å². The number of nitrogens with one attached hydrogen (secondary N) is 1. The average molecular weight is 415 g/mol. The summed E-state index contributed by atoms with van der Waals surface area (Å²) in [5.74, 6) is -0.351. The van der Waals surface area contributed by atoms with Crippen LogP contribution in [-0.2, 0) is 10.3 Å². The van der Waals surface area contributed by atoms with Crippen molar-refractivity contribution in [3.63, 3.8) is 0 Å². The lowest BCUT2D eigenvalue weighted by Gasteiger charge is -2.27. The molecule has 1 aliphatic rings. The topological polar surface area (TPSA) is 91.2 Å². The number of para-hydroxylation sites is 1. The molecular weight excluding hydrogens is 394 g/mol. The van der Waals surface area contributed by atoms with E-state index in [2.05, 4.69) is 10.4 Å². The monoisotopic (exact) mass is 415 g/mol. The van der Waals surface area contributed by atoms with E-state index < -0.39 is 17.5 Å². The molecule has 1 fully saturated rings. The summed E-state index contributed by atoms with van der Waals surface area (Å²) < 4.78 is 5.37. The van der Waals surface area contributed by atoms with Crippen molar-refractivity contribution in [2.75, 3.05) is 6.61 Å². The molecule has 0 spiro atoms. The number of carbonyl (C=O) groups excluding carboxylic acids is 2. The minimum atomic E-state index is -1.40. The second-order valence-corrected chi connectivity index (χ2v) is 6.90. The summed E-state index contributed by atoms with van der Waals surface area (Å²) in [6, 6.07) is 22.3. The number of amides is 3. The second kappa shape index (κ2) is 8.31. The number of imide groups is 1. The summed E-state index contributed by atoms with van der Waals surface area (Å²) in [5, 5.41) is 18.1. The van der Waals surface area contributed by atoms with Gasteiger partial charge in [0.2, 0.25) is 0 Å². The molecule has 0 saturated carbocycles. The number of ether oxygens (including phenoxy) is 1. The number of phenolic OH excluding ortho intramolecular Hbond substituents is 1. The van der Waals surface area contributed by atoms with E-state index in [1.54, 1.807) is 49.4 Å². The van der Waals surface area contributed by atoms with Crippen LogP contribution in [0.5, 0.6) is 11.5 Å². The Bertz CT molecular complexity index is 1090. The van der Waals surface area contributed by atoms with Gasteiger partial charge >= 0.3 is 6.03 Å². The van der Waals surface area contributed by atoms with Crippen LogP contribution in [0.2, 0.25) is 0 Å². The second-order valence-electron chi connectivity index (χ2n) is 6.90. The molecule has 1 saturated heterocycles. The molecule has 156 valence electrons. The quantitative estimate of drug-likeness (QED) is 0.475. The zero-order valence-corrected chi connectivity index (χ0v) is 16.9. The Hall–Kier alpha value is -4.13. The van der Waals surface area contributed by atoms with Gasteiger partial charge in [-0.15, -0.1) is 5.01 Å². The molecule has 0 aliphatic carbocycles. The van der Waals surface area contributed by atoms with Gasteiger partial charge in [-0.05, 0) is 30.2 Å². The van der Waals surface area contributed by atoms with Crippen LogP contribution in [0.1, 0.15) is 23.6 Å². The van der Waals surface area contributed by atoms with E-state index in [4.69, 9.17) is 4.74 Å². The van der Waals surface area contributed by atoms with Crippen LogP contribution >= 0.6 is 0 Å². The molecule has 3 amide bonds. The van der Waals surface area contributed by atoms with Crippen molar-refractivity contribution in [3.05, 3.63) is 95.6 Å². The number of aromatic hydroxyl groups is 1. The lowest BCUT2D eigenvalue weighted by atomic mass is 9.83. The highest BCUT2D eigenvalue weighted by atomic mass is 16.5. The molecular formula is C24H21N3O4. The largest absolute Gasteiger partial charge is 0.504 e. The van der Waals surface area contributed by atoms with Crippen molar-refractivity contribution < 1.29 is 19.4 Å². The van der Waals surface area contributed by atoms with Gasteiger partial charge in [-0.2, -0.15) is 5.10 Å². The van der Waals surface area contributed by atoms with E-state index in [1.165, 1.54) is 6.21 Å². The fraction of sp³-hybridized carbons (Fsp3) is 0.125. The third-order valence-corrected chi connectivity index (χ3v) is 5.06. The third kappa shape index (κ3) is 3.50. The van der Waals surface area contributed by atoms with Crippen LogP contribution in [0.25, 0.3) is 0 Å².